The molecule has 0 heterocycles. The van der Waals surface area contributed by atoms with E-state index in [2.05, 4.69) is 0 Å². The fourth-order valence-corrected chi connectivity index (χ4v) is 1.92. The average molecular weight is 260 g/mol. The second-order valence-corrected chi connectivity index (χ2v) is 4.32. The Morgan fingerprint density at radius 1 is 1.06 bits per heavy atom. The lowest BCUT2D eigenvalue weighted by Crippen LogP contribution is -2.43. The summed E-state index contributed by atoms with van der Waals surface area (Å²) in [5, 5.41) is 17.0. The van der Waals surface area contributed by atoms with Crippen LogP contribution in [0, 0.1) is 0 Å². The molecule has 0 aromatic heterocycles. The second-order valence-electron chi connectivity index (χ2n) is 2.80. The Morgan fingerprint density at radius 2 is 1.53 bits per heavy atom. The fraction of sp³-hybridized carbons (Fsp3) is 0. The van der Waals surface area contributed by atoms with E-state index in [9.17, 15) is 18.0 Å². The zero-order chi connectivity index (χ0) is 13.1. The smallest absolute Gasteiger partial charge is 0.432 e. The highest BCUT2D eigenvalue weighted by Gasteiger charge is 2.33. The summed E-state index contributed by atoms with van der Waals surface area (Å²) in [7, 11) is -4.69. The Bertz CT molecular complexity index is 512. The molecule has 17 heavy (non-hydrogen) atoms. The maximum atomic E-state index is 11.4. The third kappa shape index (κ3) is 3.08. The zero-order valence-electron chi connectivity index (χ0n) is 8.27. The number of nitrogens with one attached hydrogen (secondary N) is 1. The van der Waals surface area contributed by atoms with Crippen LogP contribution >= 0.6 is 0 Å². The maximum Gasteiger partial charge on any atom is 0.432 e. The molecule has 0 aliphatic heterocycles. The van der Waals surface area contributed by atoms with E-state index in [1.54, 1.807) is 6.07 Å². The predicted molar refractivity (Wildman–Crippen MR) is 56.9 cm³/mol. The van der Waals surface area contributed by atoms with E-state index in [-0.39, 0.29) is 5.69 Å². The van der Waals surface area contributed by atoms with Crippen LogP contribution in [0.2, 0.25) is 0 Å². The van der Waals surface area contributed by atoms with Crippen molar-refractivity contribution in [3.63, 3.8) is 0 Å². The molecule has 0 saturated carbocycles. The van der Waals surface area contributed by atoms with Crippen LogP contribution in [0.5, 0.6) is 0 Å². The summed E-state index contributed by atoms with van der Waals surface area (Å²) >= 11 is 0. The molecular weight excluding hydrogens is 252 g/mol. The van der Waals surface area contributed by atoms with Crippen molar-refractivity contribution in [1.29, 1.82) is 0 Å². The number of amides is 2. The van der Waals surface area contributed by atoms with Crippen molar-refractivity contribution in [3.8, 4) is 0 Å². The molecule has 0 bridgehead atoms. The van der Waals surface area contributed by atoms with Gasteiger partial charge in [-0.15, -0.1) is 0 Å². The first-order valence-corrected chi connectivity index (χ1v) is 5.62. The van der Waals surface area contributed by atoms with Gasteiger partial charge in [0.1, 0.15) is 0 Å². The number of carbonyl (C=O) groups is 2. The van der Waals surface area contributed by atoms with Gasteiger partial charge in [-0.2, -0.15) is 8.42 Å². The minimum atomic E-state index is -4.69. The highest BCUT2D eigenvalue weighted by Crippen LogP contribution is 2.11. The lowest BCUT2D eigenvalue weighted by atomic mass is 10.3. The van der Waals surface area contributed by atoms with Gasteiger partial charge < -0.3 is 10.2 Å². The average Bonchev–Trinajstić information content (AvgIpc) is 2.15. The van der Waals surface area contributed by atoms with Gasteiger partial charge in [-0.1, -0.05) is 22.5 Å². The number of para-hydroxylation sites is 1. The van der Waals surface area contributed by atoms with Crippen LogP contribution < -0.4 is 4.72 Å². The molecular formula is C8H8N2O6S. The van der Waals surface area contributed by atoms with Gasteiger partial charge in [-0.25, -0.2) is 9.59 Å². The van der Waals surface area contributed by atoms with E-state index in [1.807, 2.05) is 4.72 Å². The molecule has 3 N–H and O–H groups in total. The van der Waals surface area contributed by atoms with Gasteiger partial charge in [0.25, 0.3) is 0 Å². The van der Waals surface area contributed by atoms with Crippen LogP contribution in [0.3, 0.4) is 0 Å². The van der Waals surface area contributed by atoms with Crippen LogP contribution in [0.4, 0.5) is 15.3 Å². The number of carboxylic acid groups (broad SMARTS) is 2. The van der Waals surface area contributed by atoms with E-state index < -0.39 is 26.7 Å². The number of hydrogen-bond acceptors (Lipinski definition) is 4. The minimum absolute atomic E-state index is 0.0556. The van der Waals surface area contributed by atoms with Crippen LogP contribution in [0.15, 0.2) is 30.3 Å². The number of rotatable bonds is 3. The largest absolute Gasteiger partial charge is 0.464 e. The number of imide groups is 1. The molecule has 0 spiro atoms. The second kappa shape index (κ2) is 4.70. The lowest BCUT2D eigenvalue weighted by Gasteiger charge is -2.14. The monoisotopic (exact) mass is 260 g/mol. The highest BCUT2D eigenvalue weighted by molar-refractivity contribution is 7.91. The van der Waals surface area contributed by atoms with Gasteiger partial charge in [0.05, 0.1) is 5.69 Å². The number of nitrogens with zero attached hydrogens (tertiary/aromatic N) is 1. The number of benzene rings is 1. The third-order valence-electron chi connectivity index (χ3n) is 1.61. The molecule has 2 amide bonds. The molecule has 1 aromatic carbocycles. The summed E-state index contributed by atoms with van der Waals surface area (Å²) < 4.78 is 24.0. The summed E-state index contributed by atoms with van der Waals surface area (Å²) in [5.74, 6) is 0. The molecule has 1 aromatic rings. The molecule has 0 unspecified atom stereocenters. The quantitative estimate of drug-likeness (QED) is 0.744. The van der Waals surface area contributed by atoms with E-state index in [0.29, 0.717) is 0 Å². The van der Waals surface area contributed by atoms with Gasteiger partial charge in [-0.05, 0) is 12.1 Å². The van der Waals surface area contributed by atoms with Crippen molar-refractivity contribution in [2.45, 2.75) is 0 Å². The normalized spacial score (nSPS) is 10.6. The first-order valence-electron chi connectivity index (χ1n) is 4.18. The van der Waals surface area contributed by atoms with Crippen LogP contribution in [-0.4, -0.2) is 35.1 Å². The molecule has 92 valence electrons. The van der Waals surface area contributed by atoms with Crippen molar-refractivity contribution in [2.24, 2.45) is 0 Å². The standard InChI is InChI=1S/C8H8N2O6S/c11-7(12)10(8(13)14)17(15,16)9-6-4-2-1-3-5-6/h1-5,9H,(H,11,12)(H,13,14). The first kappa shape index (κ1) is 12.8. The summed E-state index contributed by atoms with van der Waals surface area (Å²) in [6.45, 7) is 0. The van der Waals surface area contributed by atoms with Gasteiger partial charge in [0.2, 0.25) is 0 Å². The van der Waals surface area contributed by atoms with E-state index in [1.165, 1.54) is 24.3 Å². The Kier molecular flexibility index (Phi) is 3.53. The molecule has 0 aliphatic carbocycles. The van der Waals surface area contributed by atoms with Crippen LogP contribution in [0.25, 0.3) is 0 Å². The van der Waals surface area contributed by atoms with Crippen molar-refractivity contribution in [2.75, 3.05) is 4.72 Å². The topological polar surface area (TPSA) is 124 Å². The molecule has 0 saturated heterocycles. The summed E-state index contributed by atoms with van der Waals surface area (Å²) in [6, 6.07) is 7.32. The molecule has 0 aliphatic rings. The summed E-state index contributed by atoms with van der Waals surface area (Å²) in [4.78, 5) is 21.0. The van der Waals surface area contributed by atoms with Gasteiger partial charge in [0, 0.05) is 0 Å². The van der Waals surface area contributed by atoms with Crippen molar-refractivity contribution >= 4 is 28.1 Å². The fourth-order valence-electron chi connectivity index (χ4n) is 0.988. The van der Waals surface area contributed by atoms with Crippen LogP contribution in [0.1, 0.15) is 0 Å². The van der Waals surface area contributed by atoms with Crippen molar-refractivity contribution in [3.05, 3.63) is 30.3 Å². The zero-order valence-corrected chi connectivity index (χ0v) is 9.09. The van der Waals surface area contributed by atoms with E-state index >= 15 is 0 Å². The van der Waals surface area contributed by atoms with Crippen LogP contribution in [-0.2, 0) is 10.2 Å². The molecule has 1 rings (SSSR count). The number of anilines is 1. The Labute approximate surface area is 96.3 Å². The van der Waals surface area contributed by atoms with Crippen molar-refractivity contribution < 1.29 is 28.2 Å². The highest BCUT2D eigenvalue weighted by atomic mass is 32.2. The maximum absolute atomic E-state index is 11.4. The predicted octanol–water partition coefficient (Wildman–Crippen LogP) is 1.00. The summed E-state index contributed by atoms with van der Waals surface area (Å²) in [6.07, 6.45) is -4.22. The van der Waals surface area contributed by atoms with Gasteiger partial charge in [0.15, 0.2) is 0 Å². The molecule has 0 atom stereocenters. The Balaban J connectivity index is 3.03. The van der Waals surface area contributed by atoms with E-state index in [4.69, 9.17) is 10.2 Å². The third-order valence-corrected chi connectivity index (χ3v) is 2.90. The van der Waals surface area contributed by atoms with Gasteiger partial charge >= 0.3 is 22.4 Å². The molecule has 9 heteroatoms. The molecule has 8 nitrogen and oxygen atoms in total. The lowest BCUT2D eigenvalue weighted by molar-refractivity contribution is 0.149. The summed E-state index contributed by atoms with van der Waals surface area (Å²) in [5.41, 5.74) is 0.0556. The Morgan fingerprint density at radius 3 is 1.94 bits per heavy atom. The first-order chi connectivity index (χ1) is 7.84. The van der Waals surface area contributed by atoms with E-state index in [0.717, 1.165) is 0 Å². The SMILES string of the molecule is O=C(O)N(C(=O)O)S(=O)(=O)Nc1ccccc1. The number of hydrogen-bond donors (Lipinski definition) is 3. The van der Waals surface area contributed by atoms with Crippen molar-refractivity contribution in [1.82, 2.24) is 4.31 Å². The minimum Gasteiger partial charge on any atom is -0.464 e. The Hall–Kier alpha value is -2.29. The van der Waals surface area contributed by atoms with Gasteiger partial charge in [-0.3, -0.25) is 4.72 Å². The molecule has 0 radical (unpaired) electrons. The molecule has 0 fully saturated rings.